The summed E-state index contributed by atoms with van der Waals surface area (Å²) in [7, 11) is 0. The van der Waals surface area contributed by atoms with Gasteiger partial charge in [0.25, 0.3) is 0 Å². The summed E-state index contributed by atoms with van der Waals surface area (Å²) in [5, 5.41) is 12.3. The van der Waals surface area contributed by atoms with E-state index in [1.807, 2.05) is 11.4 Å². The number of hydrogen-bond donors (Lipinski definition) is 1. The maximum atomic E-state index is 13.0. The van der Waals surface area contributed by atoms with Crippen molar-refractivity contribution in [2.45, 2.75) is 6.42 Å². The van der Waals surface area contributed by atoms with Crippen molar-refractivity contribution in [3.8, 4) is 0 Å². The number of aliphatic carboxylic acids is 1. The van der Waals surface area contributed by atoms with Crippen LogP contribution < -0.4 is 0 Å². The van der Waals surface area contributed by atoms with E-state index < -0.39 is 5.97 Å². The molecule has 3 aromatic rings. The minimum atomic E-state index is -0.967. The van der Waals surface area contributed by atoms with Crippen molar-refractivity contribution in [2.24, 2.45) is 0 Å². The third-order valence-electron chi connectivity index (χ3n) is 3.44. The summed E-state index contributed by atoms with van der Waals surface area (Å²) < 4.78 is 0.760. The number of thiophene rings is 1. The highest BCUT2D eigenvalue weighted by molar-refractivity contribution is 7.17. The van der Waals surface area contributed by atoms with Gasteiger partial charge in [-0.2, -0.15) is 0 Å². The number of carbonyl (C=O) groups excluding carboxylic acids is 1. The number of benzene rings is 2. The standard InChI is InChI=1S/C17H9Cl3O3S/c18-10-6-12(19)15(13(20)7-10)16(23)11-4-8(5-14(21)22)3-9-1-2-24-17(9)11/h1-4,6-7H,5H2,(H,21,22). The van der Waals surface area contributed by atoms with E-state index in [2.05, 4.69) is 0 Å². The lowest BCUT2D eigenvalue weighted by Crippen LogP contribution is -2.06. The first-order valence-corrected chi connectivity index (χ1v) is 8.79. The Morgan fingerprint density at radius 2 is 1.71 bits per heavy atom. The molecule has 0 bridgehead atoms. The van der Waals surface area contributed by atoms with Gasteiger partial charge in [-0.05, 0) is 46.7 Å². The number of carboxylic acids is 1. The van der Waals surface area contributed by atoms with Crippen LogP contribution >= 0.6 is 46.1 Å². The number of hydrogen-bond acceptors (Lipinski definition) is 3. The summed E-state index contributed by atoms with van der Waals surface area (Å²) in [6, 6.07) is 8.09. The molecule has 0 atom stereocenters. The molecular formula is C17H9Cl3O3S. The first-order chi connectivity index (χ1) is 11.4. The monoisotopic (exact) mass is 398 g/mol. The summed E-state index contributed by atoms with van der Waals surface area (Å²) in [6.07, 6.45) is -0.172. The van der Waals surface area contributed by atoms with E-state index in [9.17, 15) is 9.59 Å². The zero-order chi connectivity index (χ0) is 17.4. The Hall–Kier alpha value is -1.59. The van der Waals surface area contributed by atoms with Crippen LogP contribution in [0.1, 0.15) is 21.5 Å². The van der Waals surface area contributed by atoms with Crippen LogP contribution in [-0.4, -0.2) is 16.9 Å². The van der Waals surface area contributed by atoms with Crippen molar-refractivity contribution >= 4 is 68.0 Å². The molecule has 0 aliphatic carbocycles. The third-order valence-corrected chi connectivity index (χ3v) is 5.22. The molecular weight excluding hydrogens is 391 g/mol. The van der Waals surface area contributed by atoms with E-state index in [0.717, 1.165) is 10.1 Å². The Bertz CT molecular complexity index is 955. The van der Waals surface area contributed by atoms with Crippen LogP contribution in [0.25, 0.3) is 10.1 Å². The topological polar surface area (TPSA) is 54.4 Å². The van der Waals surface area contributed by atoms with E-state index in [-0.39, 0.29) is 27.8 Å². The van der Waals surface area contributed by atoms with Gasteiger partial charge in [0.05, 0.1) is 22.0 Å². The molecule has 3 nitrogen and oxygen atoms in total. The summed E-state index contributed by atoms with van der Waals surface area (Å²) in [4.78, 5) is 24.0. The number of carbonyl (C=O) groups is 2. The van der Waals surface area contributed by atoms with Gasteiger partial charge < -0.3 is 5.11 Å². The molecule has 3 rings (SSSR count). The molecule has 0 amide bonds. The zero-order valence-corrected chi connectivity index (χ0v) is 15.1. The molecule has 0 aliphatic rings. The largest absolute Gasteiger partial charge is 0.481 e. The molecule has 0 spiro atoms. The lowest BCUT2D eigenvalue weighted by Gasteiger charge is -2.09. The molecule has 1 N–H and O–H groups in total. The number of halogens is 3. The van der Waals surface area contributed by atoms with E-state index in [1.54, 1.807) is 12.1 Å². The summed E-state index contributed by atoms with van der Waals surface area (Å²) in [5.74, 6) is -1.33. The second kappa shape index (κ2) is 6.73. The highest BCUT2D eigenvalue weighted by atomic mass is 35.5. The van der Waals surface area contributed by atoms with Gasteiger partial charge >= 0.3 is 5.97 Å². The van der Waals surface area contributed by atoms with E-state index in [0.29, 0.717) is 16.1 Å². The first kappa shape index (κ1) is 17.2. The SMILES string of the molecule is O=C(O)Cc1cc(C(=O)c2c(Cl)cc(Cl)cc2Cl)c2sccc2c1. The Morgan fingerprint density at radius 1 is 1.04 bits per heavy atom. The summed E-state index contributed by atoms with van der Waals surface area (Å²) in [5.41, 5.74) is 1.08. The fraction of sp³-hybridized carbons (Fsp3) is 0.0588. The van der Waals surface area contributed by atoms with Crippen molar-refractivity contribution < 1.29 is 14.7 Å². The minimum absolute atomic E-state index is 0.157. The molecule has 0 fully saturated rings. The second-order valence-electron chi connectivity index (χ2n) is 5.13. The van der Waals surface area contributed by atoms with Gasteiger partial charge in [-0.25, -0.2) is 0 Å². The zero-order valence-electron chi connectivity index (χ0n) is 12.0. The lowest BCUT2D eigenvalue weighted by atomic mass is 9.98. The van der Waals surface area contributed by atoms with Gasteiger partial charge in [-0.15, -0.1) is 11.3 Å². The Balaban J connectivity index is 2.20. The summed E-state index contributed by atoms with van der Waals surface area (Å²) >= 11 is 19.6. The molecule has 0 aliphatic heterocycles. The van der Waals surface area contributed by atoms with Crippen LogP contribution in [-0.2, 0) is 11.2 Å². The molecule has 0 saturated carbocycles. The first-order valence-electron chi connectivity index (χ1n) is 6.78. The van der Waals surface area contributed by atoms with Crippen molar-refractivity contribution in [3.05, 3.63) is 67.5 Å². The smallest absolute Gasteiger partial charge is 0.307 e. The van der Waals surface area contributed by atoms with Crippen LogP contribution in [0.4, 0.5) is 0 Å². The number of carboxylic acid groups (broad SMARTS) is 1. The van der Waals surface area contributed by atoms with Gasteiger partial charge in [0, 0.05) is 15.3 Å². The van der Waals surface area contributed by atoms with E-state index in [1.165, 1.54) is 23.5 Å². The fourth-order valence-electron chi connectivity index (χ4n) is 2.48. The Morgan fingerprint density at radius 3 is 2.33 bits per heavy atom. The number of fused-ring (bicyclic) bond motifs is 1. The Kier molecular flexibility index (Phi) is 4.83. The van der Waals surface area contributed by atoms with Crippen molar-refractivity contribution in [3.63, 3.8) is 0 Å². The van der Waals surface area contributed by atoms with Crippen LogP contribution in [0, 0.1) is 0 Å². The molecule has 1 aromatic heterocycles. The van der Waals surface area contributed by atoms with Gasteiger partial charge in [-0.3, -0.25) is 9.59 Å². The van der Waals surface area contributed by atoms with Gasteiger partial charge in [0.2, 0.25) is 0 Å². The normalized spacial score (nSPS) is 11.0. The van der Waals surface area contributed by atoms with Crippen LogP contribution in [0.15, 0.2) is 35.7 Å². The predicted octanol–water partition coefficient (Wildman–Crippen LogP) is 5.72. The van der Waals surface area contributed by atoms with Gasteiger partial charge in [0.15, 0.2) is 5.78 Å². The molecule has 24 heavy (non-hydrogen) atoms. The Labute approximate surface area is 156 Å². The average Bonchev–Trinajstić information content (AvgIpc) is 2.92. The van der Waals surface area contributed by atoms with Crippen LogP contribution in [0.2, 0.25) is 15.1 Å². The lowest BCUT2D eigenvalue weighted by molar-refractivity contribution is -0.136. The van der Waals surface area contributed by atoms with E-state index >= 15 is 0 Å². The average molecular weight is 400 g/mol. The molecule has 7 heteroatoms. The van der Waals surface area contributed by atoms with Gasteiger partial charge in [0.1, 0.15) is 0 Å². The van der Waals surface area contributed by atoms with E-state index in [4.69, 9.17) is 39.9 Å². The molecule has 0 saturated heterocycles. The van der Waals surface area contributed by atoms with Gasteiger partial charge in [-0.1, -0.05) is 34.8 Å². The maximum absolute atomic E-state index is 13.0. The maximum Gasteiger partial charge on any atom is 0.307 e. The third kappa shape index (κ3) is 3.28. The van der Waals surface area contributed by atoms with Crippen LogP contribution in [0.5, 0.6) is 0 Å². The molecule has 0 radical (unpaired) electrons. The highest BCUT2D eigenvalue weighted by Gasteiger charge is 2.21. The number of ketones is 1. The molecule has 0 unspecified atom stereocenters. The highest BCUT2D eigenvalue weighted by Crippen LogP contribution is 2.34. The predicted molar refractivity (Wildman–Crippen MR) is 98.1 cm³/mol. The van der Waals surface area contributed by atoms with Crippen LogP contribution in [0.3, 0.4) is 0 Å². The fourth-order valence-corrected chi connectivity index (χ4v) is 4.36. The quantitative estimate of drug-likeness (QED) is 0.571. The minimum Gasteiger partial charge on any atom is -0.481 e. The number of rotatable bonds is 4. The van der Waals surface area contributed by atoms with Crippen molar-refractivity contribution in [1.29, 1.82) is 0 Å². The van der Waals surface area contributed by atoms with Crippen molar-refractivity contribution in [2.75, 3.05) is 0 Å². The summed E-state index contributed by atoms with van der Waals surface area (Å²) in [6.45, 7) is 0. The molecule has 1 heterocycles. The van der Waals surface area contributed by atoms with Crippen molar-refractivity contribution in [1.82, 2.24) is 0 Å². The second-order valence-corrected chi connectivity index (χ2v) is 7.29. The molecule has 2 aromatic carbocycles. The molecule has 122 valence electrons.